The van der Waals surface area contributed by atoms with Crippen molar-refractivity contribution in [3.8, 4) is 10.7 Å². The minimum Gasteiger partial charge on any atom is -0.309 e. The molecule has 0 aliphatic heterocycles. The number of rotatable bonds is 6. The molecule has 3 rings (SSSR count). The molecule has 1 aliphatic carbocycles. The first-order chi connectivity index (χ1) is 10.1. The molecule has 0 aromatic carbocycles. The van der Waals surface area contributed by atoms with E-state index in [4.69, 9.17) is 4.98 Å². The number of aromatic nitrogens is 2. The summed E-state index contributed by atoms with van der Waals surface area (Å²) in [4.78, 5) is 10.8. The van der Waals surface area contributed by atoms with E-state index in [0.29, 0.717) is 5.92 Å². The van der Waals surface area contributed by atoms with Crippen LogP contribution in [0.15, 0.2) is 18.3 Å². The first-order valence-corrected chi connectivity index (χ1v) is 8.59. The molecule has 0 amide bonds. The summed E-state index contributed by atoms with van der Waals surface area (Å²) in [6, 6.07) is 4.82. The van der Waals surface area contributed by atoms with Crippen LogP contribution in [0.3, 0.4) is 0 Å². The lowest BCUT2D eigenvalue weighted by Crippen LogP contribution is -2.15. The fraction of sp³-hybridized carbons (Fsp3) is 0.529. The summed E-state index contributed by atoms with van der Waals surface area (Å²) < 4.78 is 0. The van der Waals surface area contributed by atoms with E-state index in [2.05, 4.69) is 37.1 Å². The van der Waals surface area contributed by atoms with Crippen LogP contribution in [0.2, 0.25) is 0 Å². The Balaban J connectivity index is 1.88. The van der Waals surface area contributed by atoms with E-state index in [-0.39, 0.29) is 0 Å². The summed E-state index contributed by atoms with van der Waals surface area (Å²) >= 11 is 1.80. The Hall–Kier alpha value is -1.26. The van der Waals surface area contributed by atoms with Crippen LogP contribution in [-0.4, -0.2) is 16.0 Å². The molecule has 1 aliphatic rings. The molecule has 2 aromatic heterocycles. The average Bonchev–Trinajstić information content (AvgIpc) is 3.19. The minimum atomic E-state index is 0.629. The van der Waals surface area contributed by atoms with E-state index in [1.165, 1.54) is 29.0 Å². The summed E-state index contributed by atoms with van der Waals surface area (Å²) in [6.07, 6.45) is 5.55. The van der Waals surface area contributed by atoms with Crippen LogP contribution in [-0.2, 0) is 13.0 Å². The molecule has 0 bridgehead atoms. The second kappa shape index (κ2) is 6.24. The fourth-order valence-electron chi connectivity index (χ4n) is 2.40. The van der Waals surface area contributed by atoms with Crippen molar-refractivity contribution in [2.45, 2.75) is 52.6 Å². The Kier molecular flexibility index (Phi) is 4.36. The Labute approximate surface area is 130 Å². The van der Waals surface area contributed by atoms with E-state index in [9.17, 15) is 0 Å². The molecule has 0 atom stereocenters. The van der Waals surface area contributed by atoms with Crippen LogP contribution in [0.25, 0.3) is 10.7 Å². The smallest absolute Gasteiger partial charge is 0.142 e. The van der Waals surface area contributed by atoms with Gasteiger partial charge in [-0.2, -0.15) is 0 Å². The maximum Gasteiger partial charge on any atom is 0.142 e. The molecule has 0 saturated heterocycles. The lowest BCUT2D eigenvalue weighted by molar-refractivity contribution is 0.624. The van der Waals surface area contributed by atoms with E-state index in [1.54, 1.807) is 11.3 Å². The number of hydrogen-bond acceptors (Lipinski definition) is 4. The monoisotopic (exact) mass is 301 g/mol. The van der Waals surface area contributed by atoms with Crippen molar-refractivity contribution in [1.82, 2.24) is 15.3 Å². The normalized spacial score (nSPS) is 14.9. The van der Waals surface area contributed by atoms with Crippen LogP contribution < -0.4 is 5.32 Å². The molecule has 0 spiro atoms. The van der Waals surface area contributed by atoms with Crippen molar-refractivity contribution in [1.29, 1.82) is 0 Å². The van der Waals surface area contributed by atoms with Gasteiger partial charge in [-0.1, -0.05) is 19.9 Å². The van der Waals surface area contributed by atoms with Crippen LogP contribution in [0, 0.1) is 12.8 Å². The molecule has 3 nitrogen and oxygen atoms in total. The molecule has 1 fully saturated rings. The van der Waals surface area contributed by atoms with Gasteiger partial charge >= 0.3 is 0 Å². The van der Waals surface area contributed by atoms with Gasteiger partial charge in [-0.05, 0) is 43.7 Å². The molecule has 4 heteroatoms. The molecule has 2 aromatic rings. The topological polar surface area (TPSA) is 37.8 Å². The van der Waals surface area contributed by atoms with Gasteiger partial charge in [0.15, 0.2) is 0 Å². The molecule has 0 unspecified atom stereocenters. The van der Waals surface area contributed by atoms with Gasteiger partial charge in [-0.15, -0.1) is 11.3 Å². The molecular weight excluding hydrogens is 278 g/mol. The van der Waals surface area contributed by atoms with Crippen LogP contribution >= 0.6 is 11.3 Å². The molecular formula is C17H23N3S. The zero-order chi connectivity index (χ0) is 14.8. The fourth-order valence-corrected chi connectivity index (χ4v) is 3.50. The molecule has 1 N–H and O–H groups in total. The second-order valence-electron chi connectivity index (χ2n) is 6.31. The average molecular weight is 301 g/mol. The standard InChI is InChI=1S/C17H23N3S/c1-11(2)9-14-15(10-19-13-6-7-13)21-17(20-14)16-12(3)5-4-8-18-16/h4-5,8,11,13,19H,6-7,9-10H2,1-3H3. The third-order valence-electron chi connectivity index (χ3n) is 3.72. The van der Waals surface area contributed by atoms with Crippen molar-refractivity contribution in [3.05, 3.63) is 34.5 Å². The van der Waals surface area contributed by atoms with Gasteiger partial charge in [0.25, 0.3) is 0 Å². The van der Waals surface area contributed by atoms with Crippen LogP contribution in [0.4, 0.5) is 0 Å². The highest BCUT2D eigenvalue weighted by Crippen LogP contribution is 2.30. The number of nitrogens with one attached hydrogen (secondary N) is 1. The predicted octanol–water partition coefficient (Wildman–Crippen LogP) is 3.96. The highest BCUT2D eigenvalue weighted by Gasteiger charge is 2.22. The van der Waals surface area contributed by atoms with Crippen molar-refractivity contribution in [2.75, 3.05) is 0 Å². The number of thiazole rings is 1. The first-order valence-electron chi connectivity index (χ1n) is 7.77. The summed E-state index contributed by atoms with van der Waals surface area (Å²) in [5.41, 5.74) is 3.48. The Morgan fingerprint density at radius 2 is 2.19 bits per heavy atom. The van der Waals surface area contributed by atoms with Crippen LogP contribution in [0.1, 0.15) is 42.8 Å². The van der Waals surface area contributed by atoms with Crippen molar-refractivity contribution in [2.24, 2.45) is 5.92 Å². The Morgan fingerprint density at radius 3 is 2.86 bits per heavy atom. The molecule has 21 heavy (non-hydrogen) atoms. The van der Waals surface area contributed by atoms with Gasteiger partial charge in [-0.3, -0.25) is 4.98 Å². The van der Waals surface area contributed by atoms with Gasteiger partial charge in [0, 0.05) is 23.7 Å². The Morgan fingerprint density at radius 1 is 1.38 bits per heavy atom. The minimum absolute atomic E-state index is 0.629. The molecule has 112 valence electrons. The summed E-state index contributed by atoms with van der Waals surface area (Å²) in [6.45, 7) is 7.57. The van der Waals surface area contributed by atoms with Crippen molar-refractivity contribution in [3.63, 3.8) is 0 Å². The SMILES string of the molecule is Cc1cccnc1-c1nc(CC(C)C)c(CNC2CC2)s1. The van der Waals surface area contributed by atoms with Gasteiger partial charge in [-0.25, -0.2) is 4.98 Å². The highest BCUT2D eigenvalue weighted by molar-refractivity contribution is 7.15. The van der Waals surface area contributed by atoms with E-state index in [1.807, 2.05) is 12.3 Å². The summed E-state index contributed by atoms with van der Waals surface area (Å²) in [5.74, 6) is 0.629. The number of aryl methyl sites for hydroxylation is 1. The predicted molar refractivity (Wildman–Crippen MR) is 88.5 cm³/mol. The van der Waals surface area contributed by atoms with E-state index < -0.39 is 0 Å². The summed E-state index contributed by atoms with van der Waals surface area (Å²) in [5, 5.41) is 4.68. The first kappa shape index (κ1) is 14.7. The van der Waals surface area contributed by atoms with Gasteiger partial charge < -0.3 is 5.32 Å². The quantitative estimate of drug-likeness (QED) is 0.877. The third-order valence-corrected chi connectivity index (χ3v) is 4.82. The van der Waals surface area contributed by atoms with Crippen molar-refractivity contribution < 1.29 is 0 Å². The zero-order valence-electron chi connectivity index (χ0n) is 13.0. The van der Waals surface area contributed by atoms with Gasteiger partial charge in [0.2, 0.25) is 0 Å². The van der Waals surface area contributed by atoms with Gasteiger partial charge in [0.05, 0.1) is 5.69 Å². The van der Waals surface area contributed by atoms with E-state index >= 15 is 0 Å². The zero-order valence-corrected chi connectivity index (χ0v) is 13.8. The van der Waals surface area contributed by atoms with Crippen LogP contribution in [0.5, 0.6) is 0 Å². The second-order valence-corrected chi connectivity index (χ2v) is 7.39. The van der Waals surface area contributed by atoms with E-state index in [0.717, 1.165) is 29.7 Å². The lowest BCUT2D eigenvalue weighted by Gasteiger charge is -2.05. The molecule has 2 heterocycles. The highest BCUT2D eigenvalue weighted by atomic mass is 32.1. The number of pyridine rings is 1. The van der Waals surface area contributed by atoms with Crippen molar-refractivity contribution >= 4 is 11.3 Å². The Bertz CT molecular complexity index is 614. The maximum absolute atomic E-state index is 4.90. The number of hydrogen-bond donors (Lipinski definition) is 1. The maximum atomic E-state index is 4.90. The number of nitrogens with zero attached hydrogens (tertiary/aromatic N) is 2. The molecule has 0 radical (unpaired) electrons. The summed E-state index contributed by atoms with van der Waals surface area (Å²) in [7, 11) is 0. The third kappa shape index (κ3) is 3.69. The lowest BCUT2D eigenvalue weighted by atomic mass is 10.1. The molecule has 1 saturated carbocycles. The van der Waals surface area contributed by atoms with Gasteiger partial charge in [0.1, 0.15) is 10.7 Å². The largest absolute Gasteiger partial charge is 0.309 e.